The third kappa shape index (κ3) is 3.70. The van der Waals surface area contributed by atoms with Crippen LogP contribution in [0.4, 0.5) is 11.4 Å². The molecule has 7 nitrogen and oxygen atoms in total. The SMILES string of the molecule is O=C(Nc1ccccc1)c1ccccc1S(=O)(=O)c1ccccc1[N+](=O)[O-]. The molecule has 27 heavy (non-hydrogen) atoms. The van der Waals surface area contributed by atoms with Crippen molar-refractivity contribution >= 4 is 27.1 Å². The average Bonchev–Trinajstić information content (AvgIpc) is 2.68. The molecule has 0 aromatic heterocycles. The van der Waals surface area contributed by atoms with E-state index in [0.717, 1.165) is 12.1 Å². The highest BCUT2D eigenvalue weighted by molar-refractivity contribution is 7.91. The Balaban J connectivity index is 2.08. The molecule has 0 saturated heterocycles. The van der Waals surface area contributed by atoms with Gasteiger partial charge in [-0.15, -0.1) is 0 Å². The molecule has 8 heteroatoms. The van der Waals surface area contributed by atoms with Crippen molar-refractivity contribution in [3.05, 3.63) is 94.5 Å². The molecule has 3 aromatic rings. The van der Waals surface area contributed by atoms with E-state index in [1.807, 2.05) is 0 Å². The minimum atomic E-state index is -4.29. The predicted molar refractivity (Wildman–Crippen MR) is 99.4 cm³/mol. The normalized spacial score (nSPS) is 11.0. The van der Waals surface area contributed by atoms with Crippen molar-refractivity contribution in [2.75, 3.05) is 5.32 Å². The number of carbonyl (C=O) groups excluding carboxylic acids is 1. The predicted octanol–water partition coefficient (Wildman–Crippen LogP) is 3.68. The summed E-state index contributed by atoms with van der Waals surface area (Å²) in [4.78, 5) is 22.3. The Morgan fingerprint density at radius 2 is 1.37 bits per heavy atom. The molecular formula is C19H14N2O5S. The molecule has 3 aromatic carbocycles. The van der Waals surface area contributed by atoms with Gasteiger partial charge in [-0.1, -0.05) is 42.5 Å². The number of nitro groups is 1. The van der Waals surface area contributed by atoms with E-state index in [1.165, 1.54) is 36.4 Å². The van der Waals surface area contributed by atoms with Crippen LogP contribution in [0.5, 0.6) is 0 Å². The fourth-order valence-electron chi connectivity index (χ4n) is 2.56. The van der Waals surface area contributed by atoms with Crippen LogP contribution in [0.3, 0.4) is 0 Å². The molecule has 3 rings (SSSR count). The fraction of sp³-hybridized carbons (Fsp3) is 0. The van der Waals surface area contributed by atoms with Gasteiger partial charge in [-0.25, -0.2) is 8.42 Å². The number of nitrogens with one attached hydrogen (secondary N) is 1. The summed E-state index contributed by atoms with van der Waals surface area (Å²) < 4.78 is 26.1. The molecule has 1 amide bonds. The molecule has 0 atom stereocenters. The minimum absolute atomic E-state index is 0.0977. The first kappa shape index (κ1) is 18.3. The lowest BCUT2D eigenvalue weighted by Crippen LogP contribution is -2.17. The summed E-state index contributed by atoms with van der Waals surface area (Å²) in [5.41, 5.74) is -0.143. The summed E-state index contributed by atoms with van der Waals surface area (Å²) in [6.07, 6.45) is 0. The van der Waals surface area contributed by atoms with Crippen molar-refractivity contribution in [1.29, 1.82) is 0 Å². The smallest absolute Gasteiger partial charge is 0.288 e. The standard InChI is InChI=1S/C19H14N2O5S/c22-19(20-14-8-2-1-3-9-14)15-10-4-6-12-17(15)27(25,26)18-13-7-5-11-16(18)21(23)24/h1-13H,(H,20,22). The van der Waals surface area contributed by atoms with Crippen LogP contribution in [-0.4, -0.2) is 19.2 Å². The summed E-state index contributed by atoms with van der Waals surface area (Å²) in [5, 5.41) is 13.8. The van der Waals surface area contributed by atoms with Gasteiger partial charge in [-0.2, -0.15) is 0 Å². The molecule has 0 aliphatic rings. The maximum atomic E-state index is 13.1. The first-order valence-electron chi connectivity index (χ1n) is 7.85. The number of carbonyl (C=O) groups is 1. The van der Waals surface area contributed by atoms with Gasteiger partial charge in [0.1, 0.15) is 4.90 Å². The number of sulfone groups is 1. The summed E-state index contributed by atoms with van der Waals surface area (Å²) in [6, 6.07) is 19.2. The van der Waals surface area contributed by atoms with Gasteiger partial charge in [0.15, 0.2) is 0 Å². The van der Waals surface area contributed by atoms with Gasteiger partial charge < -0.3 is 5.32 Å². The molecule has 0 aliphatic carbocycles. The second-order valence-corrected chi connectivity index (χ2v) is 7.43. The number of amides is 1. The third-order valence-corrected chi connectivity index (χ3v) is 5.66. The highest BCUT2D eigenvalue weighted by Crippen LogP contribution is 2.31. The lowest BCUT2D eigenvalue weighted by Gasteiger charge is -2.11. The summed E-state index contributed by atoms with van der Waals surface area (Å²) in [6.45, 7) is 0. The third-order valence-electron chi connectivity index (χ3n) is 3.80. The van der Waals surface area contributed by atoms with Crippen LogP contribution in [0.15, 0.2) is 88.7 Å². The number of hydrogen-bond acceptors (Lipinski definition) is 5. The first-order valence-corrected chi connectivity index (χ1v) is 9.33. The van der Waals surface area contributed by atoms with E-state index < -0.39 is 31.3 Å². The molecule has 0 saturated carbocycles. The summed E-state index contributed by atoms with van der Waals surface area (Å²) >= 11 is 0. The Morgan fingerprint density at radius 3 is 2.04 bits per heavy atom. The Kier molecular flexibility index (Phi) is 5.00. The molecule has 0 spiro atoms. The highest BCUT2D eigenvalue weighted by Gasteiger charge is 2.30. The number of para-hydroxylation sites is 2. The van der Waals surface area contributed by atoms with E-state index >= 15 is 0 Å². The Morgan fingerprint density at radius 1 is 0.815 bits per heavy atom. The second kappa shape index (κ2) is 7.38. The van der Waals surface area contributed by atoms with Crippen LogP contribution in [0, 0.1) is 10.1 Å². The number of benzene rings is 3. The fourth-order valence-corrected chi connectivity index (χ4v) is 4.18. The summed E-state index contributed by atoms with van der Waals surface area (Å²) in [5.74, 6) is -0.626. The number of nitrogens with zero attached hydrogens (tertiary/aromatic N) is 1. The largest absolute Gasteiger partial charge is 0.322 e. The number of hydrogen-bond donors (Lipinski definition) is 1. The zero-order chi connectivity index (χ0) is 19.4. The number of rotatable bonds is 5. The van der Waals surface area contributed by atoms with Gasteiger partial charge in [0.25, 0.3) is 11.6 Å². The topological polar surface area (TPSA) is 106 Å². The molecule has 0 fully saturated rings. The van der Waals surface area contributed by atoms with Crippen molar-refractivity contribution < 1.29 is 18.1 Å². The monoisotopic (exact) mass is 382 g/mol. The van der Waals surface area contributed by atoms with E-state index in [4.69, 9.17) is 0 Å². The Bertz CT molecular complexity index is 1110. The van der Waals surface area contributed by atoms with E-state index in [1.54, 1.807) is 30.3 Å². The van der Waals surface area contributed by atoms with Crippen molar-refractivity contribution in [2.45, 2.75) is 9.79 Å². The molecule has 0 aliphatic heterocycles. The second-order valence-electron chi connectivity index (χ2n) is 5.54. The van der Waals surface area contributed by atoms with Gasteiger partial charge in [0, 0.05) is 11.8 Å². The minimum Gasteiger partial charge on any atom is -0.322 e. The van der Waals surface area contributed by atoms with Crippen LogP contribution < -0.4 is 5.32 Å². The Hall–Kier alpha value is -3.52. The summed E-state index contributed by atoms with van der Waals surface area (Å²) in [7, 11) is -4.29. The van der Waals surface area contributed by atoms with Crippen LogP contribution in [-0.2, 0) is 9.84 Å². The van der Waals surface area contributed by atoms with E-state index in [2.05, 4.69) is 5.32 Å². The number of nitro benzene ring substituents is 1. The molecule has 1 N–H and O–H groups in total. The molecule has 0 bridgehead atoms. The number of anilines is 1. The van der Waals surface area contributed by atoms with Crippen molar-refractivity contribution in [2.24, 2.45) is 0 Å². The van der Waals surface area contributed by atoms with Crippen molar-refractivity contribution in [3.8, 4) is 0 Å². The molecule has 0 radical (unpaired) electrons. The van der Waals surface area contributed by atoms with Gasteiger partial charge in [0.2, 0.25) is 9.84 Å². The van der Waals surface area contributed by atoms with E-state index in [0.29, 0.717) is 5.69 Å². The van der Waals surface area contributed by atoms with Gasteiger partial charge in [0.05, 0.1) is 15.4 Å². The maximum absolute atomic E-state index is 13.1. The molecule has 136 valence electrons. The highest BCUT2D eigenvalue weighted by atomic mass is 32.2. The van der Waals surface area contributed by atoms with Crippen molar-refractivity contribution in [3.63, 3.8) is 0 Å². The van der Waals surface area contributed by atoms with Crippen LogP contribution in [0.2, 0.25) is 0 Å². The molecular weight excluding hydrogens is 368 g/mol. The quantitative estimate of drug-likeness (QED) is 0.535. The average molecular weight is 382 g/mol. The van der Waals surface area contributed by atoms with Gasteiger partial charge in [-0.3, -0.25) is 14.9 Å². The zero-order valence-corrected chi connectivity index (χ0v) is 14.7. The van der Waals surface area contributed by atoms with Crippen LogP contribution in [0.1, 0.15) is 10.4 Å². The van der Waals surface area contributed by atoms with E-state index in [-0.39, 0.29) is 10.5 Å². The first-order chi connectivity index (χ1) is 12.9. The van der Waals surface area contributed by atoms with Gasteiger partial charge >= 0.3 is 0 Å². The van der Waals surface area contributed by atoms with Crippen molar-refractivity contribution in [1.82, 2.24) is 0 Å². The van der Waals surface area contributed by atoms with E-state index in [9.17, 15) is 23.3 Å². The zero-order valence-electron chi connectivity index (χ0n) is 13.9. The van der Waals surface area contributed by atoms with Gasteiger partial charge in [-0.05, 0) is 30.3 Å². The van der Waals surface area contributed by atoms with Crippen LogP contribution in [0.25, 0.3) is 0 Å². The lowest BCUT2D eigenvalue weighted by molar-refractivity contribution is -0.387. The molecule has 0 unspecified atom stereocenters. The molecule has 0 heterocycles. The Labute approximate surface area is 155 Å². The maximum Gasteiger partial charge on any atom is 0.288 e. The van der Waals surface area contributed by atoms with Crippen LogP contribution >= 0.6 is 0 Å². The lowest BCUT2D eigenvalue weighted by atomic mass is 10.2.